The molecule has 21 heavy (non-hydrogen) atoms. The Morgan fingerprint density at radius 1 is 1.43 bits per heavy atom. The van der Waals surface area contributed by atoms with Crippen LogP contribution in [0, 0.1) is 11.7 Å². The predicted molar refractivity (Wildman–Crippen MR) is 81.3 cm³/mol. The van der Waals surface area contributed by atoms with E-state index in [-0.39, 0.29) is 23.2 Å². The van der Waals surface area contributed by atoms with E-state index in [9.17, 15) is 12.8 Å². The Morgan fingerprint density at radius 2 is 2.05 bits per heavy atom. The lowest BCUT2D eigenvalue weighted by Crippen LogP contribution is -2.42. The van der Waals surface area contributed by atoms with Crippen molar-refractivity contribution in [2.75, 3.05) is 18.9 Å². The number of benzene rings is 1. The van der Waals surface area contributed by atoms with E-state index in [1.54, 1.807) is 0 Å². The van der Waals surface area contributed by atoms with Crippen LogP contribution in [0.2, 0.25) is 5.02 Å². The lowest BCUT2D eigenvalue weighted by atomic mass is 10.1. The highest BCUT2D eigenvalue weighted by Gasteiger charge is 2.26. The molecular formula is C13H20ClFN2O3S. The maximum atomic E-state index is 13.9. The third-order valence-corrected chi connectivity index (χ3v) is 4.64. The lowest BCUT2D eigenvalue weighted by Gasteiger charge is -2.22. The van der Waals surface area contributed by atoms with Gasteiger partial charge in [-0.15, -0.1) is 0 Å². The Morgan fingerprint density at radius 3 is 2.57 bits per heavy atom. The molecule has 1 rings (SSSR count). The fraction of sp³-hybridized carbons (Fsp3) is 0.538. The minimum Gasteiger partial charge on any atom is -0.396 e. The number of nitrogens with one attached hydrogen (secondary N) is 1. The number of hydrogen-bond acceptors (Lipinski definition) is 4. The van der Waals surface area contributed by atoms with Gasteiger partial charge in [0.05, 0.1) is 12.3 Å². The van der Waals surface area contributed by atoms with Gasteiger partial charge in [-0.25, -0.2) is 17.5 Å². The third-order valence-electron chi connectivity index (χ3n) is 2.93. The second-order valence-electron chi connectivity index (χ2n) is 4.94. The maximum absolute atomic E-state index is 13.9. The van der Waals surface area contributed by atoms with Gasteiger partial charge in [-0.1, -0.05) is 25.4 Å². The molecule has 0 aliphatic heterocycles. The van der Waals surface area contributed by atoms with Crippen LogP contribution in [0.25, 0.3) is 0 Å². The topological polar surface area (TPSA) is 81.4 Å². The van der Waals surface area contributed by atoms with Gasteiger partial charge in [-0.3, -0.25) is 0 Å². The summed E-state index contributed by atoms with van der Waals surface area (Å²) in [5, 5.41) is 0.0557. The van der Waals surface area contributed by atoms with Gasteiger partial charge in [0.25, 0.3) is 0 Å². The number of nitrogens with two attached hydrogens (primary N) is 1. The molecule has 120 valence electrons. The van der Waals surface area contributed by atoms with Crippen molar-refractivity contribution in [3.63, 3.8) is 0 Å². The van der Waals surface area contributed by atoms with Gasteiger partial charge < -0.3 is 10.5 Å². The van der Waals surface area contributed by atoms with Crippen molar-refractivity contribution in [1.82, 2.24) is 4.72 Å². The van der Waals surface area contributed by atoms with Gasteiger partial charge in [0, 0.05) is 17.7 Å². The summed E-state index contributed by atoms with van der Waals surface area (Å²) in [6.45, 7) is 6.15. The molecular weight excluding hydrogens is 319 g/mol. The van der Waals surface area contributed by atoms with Crippen LogP contribution < -0.4 is 10.5 Å². The average molecular weight is 339 g/mol. The van der Waals surface area contributed by atoms with Crippen molar-refractivity contribution >= 4 is 27.3 Å². The molecule has 1 aromatic carbocycles. The first kappa shape index (κ1) is 18.2. The van der Waals surface area contributed by atoms with Crippen molar-refractivity contribution in [3.05, 3.63) is 23.0 Å². The summed E-state index contributed by atoms with van der Waals surface area (Å²) in [5.74, 6) is -1.03. The monoisotopic (exact) mass is 338 g/mol. The molecule has 1 atom stereocenters. The highest BCUT2D eigenvalue weighted by Crippen LogP contribution is 2.25. The first-order valence-corrected chi connectivity index (χ1v) is 8.39. The van der Waals surface area contributed by atoms with E-state index in [2.05, 4.69) is 4.72 Å². The van der Waals surface area contributed by atoms with E-state index in [4.69, 9.17) is 22.1 Å². The quantitative estimate of drug-likeness (QED) is 0.748. The molecule has 0 saturated heterocycles. The van der Waals surface area contributed by atoms with Crippen LogP contribution in [0.4, 0.5) is 10.1 Å². The number of sulfonamides is 1. The van der Waals surface area contributed by atoms with E-state index in [0.29, 0.717) is 6.61 Å². The summed E-state index contributed by atoms with van der Waals surface area (Å²) in [4.78, 5) is -0.561. The molecule has 0 bridgehead atoms. The predicted octanol–water partition coefficient (Wildman–Crippen LogP) is 2.40. The molecule has 3 N–H and O–H groups in total. The minimum absolute atomic E-state index is 0.0223. The molecule has 8 heteroatoms. The average Bonchev–Trinajstić information content (AvgIpc) is 2.38. The SMILES string of the molecule is CCOCC(NS(=O)(=O)c1cc(Cl)cc(N)c1F)C(C)C. The fourth-order valence-electron chi connectivity index (χ4n) is 1.65. The molecule has 1 aromatic rings. The minimum atomic E-state index is -4.08. The smallest absolute Gasteiger partial charge is 0.243 e. The summed E-state index contributed by atoms with van der Waals surface area (Å²) in [5.41, 5.74) is 5.10. The van der Waals surface area contributed by atoms with Gasteiger partial charge in [0.15, 0.2) is 5.82 Å². The largest absolute Gasteiger partial charge is 0.396 e. The molecule has 0 heterocycles. The third kappa shape index (κ3) is 4.81. The van der Waals surface area contributed by atoms with Gasteiger partial charge >= 0.3 is 0 Å². The zero-order valence-electron chi connectivity index (χ0n) is 12.2. The number of anilines is 1. The Kier molecular flexibility index (Phi) is 6.40. The number of hydrogen-bond donors (Lipinski definition) is 2. The van der Waals surface area contributed by atoms with E-state index >= 15 is 0 Å². The second-order valence-corrected chi connectivity index (χ2v) is 7.06. The summed E-state index contributed by atoms with van der Waals surface area (Å²) < 4.78 is 46.3. The molecule has 0 fully saturated rings. The van der Waals surface area contributed by atoms with Crippen LogP contribution in [0.1, 0.15) is 20.8 Å². The van der Waals surface area contributed by atoms with Crippen molar-refractivity contribution in [2.24, 2.45) is 5.92 Å². The highest BCUT2D eigenvalue weighted by atomic mass is 35.5. The zero-order valence-corrected chi connectivity index (χ0v) is 13.8. The Labute approximate surface area is 129 Å². The summed E-state index contributed by atoms with van der Waals surface area (Å²) >= 11 is 5.75. The summed E-state index contributed by atoms with van der Waals surface area (Å²) in [6.07, 6.45) is 0. The Balaban J connectivity index is 3.10. The lowest BCUT2D eigenvalue weighted by molar-refractivity contribution is 0.116. The second kappa shape index (κ2) is 7.40. The first-order chi connectivity index (χ1) is 9.69. The van der Waals surface area contributed by atoms with E-state index in [0.717, 1.165) is 12.1 Å². The van der Waals surface area contributed by atoms with Crippen molar-refractivity contribution in [2.45, 2.75) is 31.7 Å². The van der Waals surface area contributed by atoms with Gasteiger partial charge in [-0.05, 0) is 25.0 Å². The summed E-state index contributed by atoms with van der Waals surface area (Å²) in [7, 11) is -4.08. The zero-order chi connectivity index (χ0) is 16.2. The molecule has 0 spiro atoms. The van der Waals surface area contributed by atoms with E-state index in [1.165, 1.54) is 0 Å². The molecule has 0 amide bonds. The normalized spacial score (nSPS) is 13.6. The number of halogens is 2. The van der Waals surface area contributed by atoms with Crippen molar-refractivity contribution in [3.8, 4) is 0 Å². The number of rotatable bonds is 7. The van der Waals surface area contributed by atoms with E-state index < -0.39 is 26.8 Å². The standard InChI is InChI=1S/C13H20ClFN2O3S/c1-4-20-7-11(8(2)3)17-21(18,19)12-6-9(14)5-10(16)13(12)15/h5-6,8,11,17H,4,7,16H2,1-3H3. The summed E-state index contributed by atoms with van der Waals surface area (Å²) in [6, 6.07) is 1.72. The van der Waals surface area contributed by atoms with Crippen LogP contribution in [-0.4, -0.2) is 27.7 Å². The molecule has 0 saturated carbocycles. The molecule has 5 nitrogen and oxygen atoms in total. The Bertz CT molecular complexity index is 593. The van der Waals surface area contributed by atoms with Crippen molar-refractivity contribution in [1.29, 1.82) is 0 Å². The molecule has 0 aliphatic rings. The van der Waals surface area contributed by atoms with Gasteiger partial charge in [0.1, 0.15) is 4.90 Å². The molecule has 0 aliphatic carbocycles. The first-order valence-electron chi connectivity index (χ1n) is 6.53. The van der Waals surface area contributed by atoms with Gasteiger partial charge in [0.2, 0.25) is 10.0 Å². The van der Waals surface area contributed by atoms with Crippen LogP contribution in [-0.2, 0) is 14.8 Å². The van der Waals surface area contributed by atoms with Crippen LogP contribution in [0.5, 0.6) is 0 Å². The molecule has 0 aromatic heterocycles. The number of ether oxygens (including phenoxy) is 1. The Hall–Kier alpha value is -0.890. The van der Waals surface area contributed by atoms with Gasteiger partial charge in [-0.2, -0.15) is 0 Å². The van der Waals surface area contributed by atoms with Crippen molar-refractivity contribution < 1.29 is 17.5 Å². The number of nitrogen functional groups attached to an aromatic ring is 1. The molecule has 1 unspecified atom stereocenters. The molecule has 0 radical (unpaired) electrons. The fourth-order valence-corrected chi connectivity index (χ4v) is 3.44. The van der Waals surface area contributed by atoms with Crippen LogP contribution in [0.15, 0.2) is 17.0 Å². The highest BCUT2D eigenvalue weighted by molar-refractivity contribution is 7.89. The van der Waals surface area contributed by atoms with Crippen LogP contribution >= 0.6 is 11.6 Å². The maximum Gasteiger partial charge on any atom is 0.243 e. The van der Waals surface area contributed by atoms with E-state index in [1.807, 2.05) is 20.8 Å². The van der Waals surface area contributed by atoms with Crippen LogP contribution in [0.3, 0.4) is 0 Å².